The normalized spacial score (nSPS) is 19.8. The Morgan fingerprint density at radius 3 is 2.57 bits per heavy atom. The van der Waals surface area contributed by atoms with Crippen molar-refractivity contribution in [1.29, 1.82) is 0 Å². The van der Waals surface area contributed by atoms with Crippen LogP contribution in [0.4, 0.5) is 10.8 Å². The fraction of sp³-hybridized carbons (Fsp3) is 0.500. The number of rotatable bonds is 5. The topological polar surface area (TPSA) is 112 Å². The molecule has 0 spiro atoms. The number of likely N-dealkylation sites (tertiary alicyclic amines) is 1. The molecule has 2 aliphatic heterocycles. The first kappa shape index (κ1) is 20.5. The summed E-state index contributed by atoms with van der Waals surface area (Å²) in [7, 11) is 0. The van der Waals surface area contributed by atoms with Crippen LogP contribution < -0.4 is 10.2 Å². The number of hydrogen-bond donors (Lipinski definition) is 2. The van der Waals surface area contributed by atoms with Crippen LogP contribution >= 0.6 is 11.6 Å². The van der Waals surface area contributed by atoms with Crippen LogP contribution in [-0.2, 0) is 4.79 Å². The van der Waals surface area contributed by atoms with Gasteiger partial charge in [0.2, 0.25) is 11.7 Å². The predicted octanol–water partition coefficient (Wildman–Crippen LogP) is 2.72. The molecule has 160 valence electrons. The zero-order valence-corrected chi connectivity index (χ0v) is 17.2. The highest BCUT2D eigenvalue weighted by atomic mass is 35.5. The van der Waals surface area contributed by atoms with E-state index in [4.69, 9.17) is 21.2 Å². The number of carbonyl (C=O) groups excluding carboxylic acids is 1. The molecule has 10 heteroatoms. The Kier molecular flexibility index (Phi) is 6.08. The number of amides is 2. The highest BCUT2D eigenvalue weighted by Crippen LogP contribution is 2.25. The van der Waals surface area contributed by atoms with Crippen molar-refractivity contribution in [2.75, 3.05) is 37.6 Å². The molecule has 3 heterocycles. The summed E-state index contributed by atoms with van der Waals surface area (Å²) < 4.78 is 5.41. The zero-order valence-electron chi connectivity index (χ0n) is 16.5. The van der Waals surface area contributed by atoms with Gasteiger partial charge in [-0.3, -0.25) is 4.79 Å². The van der Waals surface area contributed by atoms with Crippen LogP contribution in [-0.4, -0.2) is 64.9 Å². The number of anilines is 1. The summed E-state index contributed by atoms with van der Waals surface area (Å²) in [4.78, 5) is 31.4. The number of hydrogen-bond acceptors (Lipinski definition) is 6. The quantitative estimate of drug-likeness (QED) is 0.745. The number of halogens is 1. The van der Waals surface area contributed by atoms with Gasteiger partial charge in [-0.15, -0.1) is 0 Å². The molecule has 2 fully saturated rings. The first-order valence-corrected chi connectivity index (χ1v) is 10.5. The SMILES string of the molecule is O=C(NC[C@H]1CCN(C(=O)O)C1)C1CCN(c2nc(-c3ccc(Cl)cc3)no2)CC1. The fourth-order valence-corrected chi connectivity index (χ4v) is 4.08. The third kappa shape index (κ3) is 4.67. The van der Waals surface area contributed by atoms with Gasteiger partial charge >= 0.3 is 12.1 Å². The molecule has 0 unspecified atom stereocenters. The molecule has 4 rings (SSSR count). The molecular weight excluding hydrogens is 410 g/mol. The van der Waals surface area contributed by atoms with Crippen molar-refractivity contribution < 1.29 is 19.2 Å². The Labute approximate surface area is 179 Å². The lowest BCUT2D eigenvalue weighted by Crippen LogP contribution is -2.42. The van der Waals surface area contributed by atoms with Gasteiger partial charge in [0.25, 0.3) is 0 Å². The largest absolute Gasteiger partial charge is 0.465 e. The number of carboxylic acid groups (broad SMARTS) is 1. The molecule has 2 N–H and O–H groups in total. The molecule has 2 aliphatic rings. The van der Waals surface area contributed by atoms with Crippen molar-refractivity contribution in [3.8, 4) is 11.4 Å². The van der Waals surface area contributed by atoms with Crippen molar-refractivity contribution in [2.45, 2.75) is 19.3 Å². The Morgan fingerprint density at radius 1 is 1.17 bits per heavy atom. The second-order valence-electron chi connectivity index (χ2n) is 7.80. The van der Waals surface area contributed by atoms with E-state index in [2.05, 4.69) is 15.5 Å². The van der Waals surface area contributed by atoms with E-state index in [1.165, 1.54) is 4.90 Å². The molecule has 30 heavy (non-hydrogen) atoms. The molecule has 2 saturated heterocycles. The highest BCUT2D eigenvalue weighted by Gasteiger charge is 2.30. The summed E-state index contributed by atoms with van der Waals surface area (Å²) in [5, 5.41) is 16.7. The Hall–Kier alpha value is -2.81. The van der Waals surface area contributed by atoms with E-state index in [9.17, 15) is 9.59 Å². The van der Waals surface area contributed by atoms with E-state index in [1.807, 2.05) is 17.0 Å². The lowest BCUT2D eigenvalue weighted by molar-refractivity contribution is -0.125. The summed E-state index contributed by atoms with van der Waals surface area (Å²) in [6.45, 7) is 2.88. The molecule has 0 bridgehead atoms. The van der Waals surface area contributed by atoms with Gasteiger partial charge in [0, 0.05) is 49.2 Å². The number of piperidine rings is 1. The molecule has 0 aliphatic carbocycles. The first-order chi connectivity index (χ1) is 14.5. The van der Waals surface area contributed by atoms with Crippen molar-refractivity contribution in [2.24, 2.45) is 11.8 Å². The number of benzene rings is 1. The second-order valence-corrected chi connectivity index (χ2v) is 8.23. The van der Waals surface area contributed by atoms with E-state index >= 15 is 0 Å². The molecular formula is C20H24ClN5O4. The molecule has 9 nitrogen and oxygen atoms in total. The van der Waals surface area contributed by atoms with E-state index in [-0.39, 0.29) is 17.7 Å². The van der Waals surface area contributed by atoms with E-state index in [1.54, 1.807) is 12.1 Å². The highest BCUT2D eigenvalue weighted by molar-refractivity contribution is 6.30. The third-order valence-corrected chi connectivity index (χ3v) is 6.03. The average molecular weight is 434 g/mol. The number of carbonyl (C=O) groups is 2. The minimum atomic E-state index is -0.892. The van der Waals surface area contributed by atoms with Gasteiger partial charge in [-0.25, -0.2) is 4.79 Å². The maximum absolute atomic E-state index is 12.5. The molecule has 0 radical (unpaired) electrons. The van der Waals surface area contributed by atoms with Crippen LogP contribution in [0, 0.1) is 11.8 Å². The van der Waals surface area contributed by atoms with Gasteiger partial charge < -0.3 is 24.7 Å². The van der Waals surface area contributed by atoms with Crippen LogP contribution in [0.2, 0.25) is 5.02 Å². The van der Waals surface area contributed by atoms with Gasteiger partial charge in [-0.05, 0) is 49.4 Å². The monoisotopic (exact) mass is 433 g/mol. The molecule has 1 aromatic carbocycles. The van der Waals surface area contributed by atoms with E-state index < -0.39 is 6.09 Å². The summed E-state index contributed by atoms with van der Waals surface area (Å²) in [5.41, 5.74) is 0.831. The Morgan fingerprint density at radius 2 is 1.90 bits per heavy atom. The Bertz CT molecular complexity index is 895. The van der Waals surface area contributed by atoms with Crippen LogP contribution in [0.5, 0.6) is 0 Å². The standard InChI is InChI=1S/C20H24ClN5O4/c21-16-3-1-14(2-4-16)17-23-19(30-24-17)25-9-6-15(7-10-25)18(27)22-11-13-5-8-26(12-13)20(28)29/h1-4,13,15H,5-12H2,(H,22,27)(H,28,29)/t13-/m1/s1. The summed E-state index contributed by atoms with van der Waals surface area (Å²) in [6.07, 6.45) is 1.31. The summed E-state index contributed by atoms with van der Waals surface area (Å²) >= 11 is 5.91. The van der Waals surface area contributed by atoms with Gasteiger partial charge in [-0.1, -0.05) is 16.8 Å². The van der Waals surface area contributed by atoms with Crippen molar-refractivity contribution in [3.05, 3.63) is 29.3 Å². The first-order valence-electron chi connectivity index (χ1n) is 10.1. The lowest BCUT2D eigenvalue weighted by Gasteiger charge is -2.30. The third-order valence-electron chi connectivity index (χ3n) is 5.78. The average Bonchev–Trinajstić information content (AvgIpc) is 3.43. The van der Waals surface area contributed by atoms with Crippen LogP contribution in [0.1, 0.15) is 19.3 Å². The van der Waals surface area contributed by atoms with E-state index in [0.717, 1.165) is 12.0 Å². The van der Waals surface area contributed by atoms with Gasteiger partial charge in [0.05, 0.1) is 0 Å². The number of aromatic nitrogens is 2. The number of nitrogens with zero attached hydrogens (tertiary/aromatic N) is 4. The van der Waals surface area contributed by atoms with Crippen LogP contribution in [0.25, 0.3) is 11.4 Å². The van der Waals surface area contributed by atoms with Crippen molar-refractivity contribution in [3.63, 3.8) is 0 Å². The van der Waals surface area contributed by atoms with Crippen LogP contribution in [0.3, 0.4) is 0 Å². The molecule has 2 amide bonds. The maximum Gasteiger partial charge on any atom is 0.407 e. The van der Waals surface area contributed by atoms with Gasteiger partial charge in [0.1, 0.15) is 0 Å². The summed E-state index contributed by atoms with van der Waals surface area (Å²) in [6, 6.07) is 7.70. The van der Waals surface area contributed by atoms with Gasteiger partial charge in [-0.2, -0.15) is 4.98 Å². The molecule has 1 aromatic heterocycles. The lowest BCUT2D eigenvalue weighted by atomic mass is 9.96. The minimum Gasteiger partial charge on any atom is -0.465 e. The molecule has 0 saturated carbocycles. The van der Waals surface area contributed by atoms with Crippen molar-refractivity contribution >= 4 is 29.6 Å². The smallest absolute Gasteiger partial charge is 0.407 e. The molecule has 2 aromatic rings. The second kappa shape index (κ2) is 8.91. The van der Waals surface area contributed by atoms with Crippen molar-refractivity contribution in [1.82, 2.24) is 20.4 Å². The number of nitrogens with one attached hydrogen (secondary N) is 1. The molecule has 1 atom stereocenters. The fourth-order valence-electron chi connectivity index (χ4n) is 3.96. The summed E-state index contributed by atoms with van der Waals surface area (Å²) in [5.74, 6) is 0.677. The van der Waals surface area contributed by atoms with Crippen LogP contribution in [0.15, 0.2) is 28.8 Å². The zero-order chi connectivity index (χ0) is 21.1. The van der Waals surface area contributed by atoms with E-state index in [0.29, 0.717) is 62.4 Å². The minimum absolute atomic E-state index is 0.0378. The van der Waals surface area contributed by atoms with Gasteiger partial charge in [0.15, 0.2) is 0 Å². The Balaban J connectivity index is 1.24. The predicted molar refractivity (Wildman–Crippen MR) is 110 cm³/mol. The maximum atomic E-state index is 12.5.